The average Bonchev–Trinajstić information content (AvgIpc) is 2.66. The standard InChI is InChI=1S/C22H28N2O2/c1-5-17-11-13-19(14-12-17)21(25)24-20(15(2)3)22(26)23-16(4)18-9-7-6-8-10-18/h6-16,20H,5H2,1-4H3,(H,23,26)(H,24,25)/t16-,20+/m1/s1. The Kier molecular flexibility index (Phi) is 6.96. The van der Waals surface area contributed by atoms with Crippen molar-refractivity contribution >= 4 is 11.8 Å². The van der Waals surface area contributed by atoms with E-state index in [9.17, 15) is 9.59 Å². The molecule has 0 aliphatic carbocycles. The highest BCUT2D eigenvalue weighted by molar-refractivity contribution is 5.97. The Bertz CT molecular complexity index is 724. The molecule has 2 aromatic rings. The summed E-state index contributed by atoms with van der Waals surface area (Å²) in [5.41, 5.74) is 2.78. The van der Waals surface area contributed by atoms with Crippen LogP contribution in [0.1, 0.15) is 55.2 Å². The maximum atomic E-state index is 12.7. The molecule has 2 rings (SSSR count). The van der Waals surface area contributed by atoms with Gasteiger partial charge in [-0.15, -0.1) is 0 Å². The lowest BCUT2D eigenvalue weighted by atomic mass is 10.0. The van der Waals surface area contributed by atoms with E-state index in [1.165, 1.54) is 5.56 Å². The van der Waals surface area contributed by atoms with Crippen LogP contribution < -0.4 is 10.6 Å². The Hall–Kier alpha value is -2.62. The van der Waals surface area contributed by atoms with Gasteiger partial charge in [0, 0.05) is 5.56 Å². The lowest BCUT2D eigenvalue weighted by Gasteiger charge is -2.24. The molecule has 0 heterocycles. The summed E-state index contributed by atoms with van der Waals surface area (Å²) in [6, 6.07) is 16.6. The van der Waals surface area contributed by atoms with Gasteiger partial charge in [0.25, 0.3) is 5.91 Å². The molecule has 0 aromatic heterocycles. The van der Waals surface area contributed by atoms with Crippen molar-refractivity contribution in [1.29, 1.82) is 0 Å². The van der Waals surface area contributed by atoms with Gasteiger partial charge in [0.1, 0.15) is 6.04 Å². The summed E-state index contributed by atoms with van der Waals surface area (Å²) in [5.74, 6) is -0.416. The van der Waals surface area contributed by atoms with E-state index in [1.54, 1.807) is 12.1 Å². The molecule has 2 amide bonds. The average molecular weight is 352 g/mol. The highest BCUT2D eigenvalue weighted by Gasteiger charge is 2.25. The Morgan fingerprint density at radius 2 is 1.50 bits per heavy atom. The minimum atomic E-state index is -0.584. The number of aryl methyl sites for hydroxylation is 1. The van der Waals surface area contributed by atoms with Crippen molar-refractivity contribution in [1.82, 2.24) is 10.6 Å². The summed E-state index contributed by atoms with van der Waals surface area (Å²) in [7, 11) is 0. The van der Waals surface area contributed by atoms with Gasteiger partial charge in [-0.05, 0) is 42.5 Å². The van der Waals surface area contributed by atoms with Gasteiger partial charge in [0.15, 0.2) is 0 Å². The number of hydrogen-bond acceptors (Lipinski definition) is 2. The molecule has 2 N–H and O–H groups in total. The lowest BCUT2D eigenvalue weighted by Crippen LogP contribution is -2.50. The van der Waals surface area contributed by atoms with Gasteiger partial charge in [0.2, 0.25) is 5.91 Å². The molecule has 2 aromatic carbocycles. The second-order valence-corrected chi connectivity index (χ2v) is 6.89. The van der Waals surface area contributed by atoms with E-state index in [1.807, 2.05) is 63.2 Å². The summed E-state index contributed by atoms with van der Waals surface area (Å²) in [4.78, 5) is 25.2. The molecule has 0 saturated carbocycles. The van der Waals surface area contributed by atoms with Crippen molar-refractivity contribution in [2.75, 3.05) is 0 Å². The SMILES string of the molecule is CCc1ccc(C(=O)N[C@H](C(=O)N[C@H](C)c2ccccc2)C(C)C)cc1. The Balaban J connectivity index is 2.04. The number of rotatable bonds is 7. The molecule has 0 spiro atoms. The molecule has 0 bridgehead atoms. The van der Waals surface area contributed by atoms with E-state index >= 15 is 0 Å². The number of carbonyl (C=O) groups is 2. The van der Waals surface area contributed by atoms with Crippen LogP contribution in [0.3, 0.4) is 0 Å². The van der Waals surface area contributed by atoms with Crippen LogP contribution in [0.5, 0.6) is 0 Å². The number of carbonyl (C=O) groups excluding carboxylic acids is 2. The molecule has 0 unspecified atom stereocenters. The fourth-order valence-corrected chi connectivity index (χ4v) is 2.78. The Labute approximate surface area is 156 Å². The van der Waals surface area contributed by atoms with Gasteiger partial charge >= 0.3 is 0 Å². The zero-order valence-corrected chi connectivity index (χ0v) is 16.0. The largest absolute Gasteiger partial charge is 0.348 e. The molecule has 0 aliphatic rings. The van der Waals surface area contributed by atoms with Crippen LogP contribution in [0.25, 0.3) is 0 Å². The van der Waals surface area contributed by atoms with E-state index in [-0.39, 0.29) is 23.8 Å². The number of nitrogens with one attached hydrogen (secondary N) is 2. The van der Waals surface area contributed by atoms with Crippen LogP contribution in [-0.2, 0) is 11.2 Å². The minimum Gasteiger partial charge on any atom is -0.348 e. The second-order valence-electron chi connectivity index (χ2n) is 6.89. The van der Waals surface area contributed by atoms with E-state index in [2.05, 4.69) is 17.6 Å². The van der Waals surface area contributed by atoms with Crippen molar-refractivity contribution in [3.05, 3.63) is 71.3 Å². The van der Waals surface area contributed by atoms with Crippen molar-refractivity contribution in [3.8, 4) is 0 Å². The van der Waals surface area contributed by atoms with E-state index < -0.39 is 6.04 Å². The van der Waals surface area contributed by atoms with Crippen LogP contribution in [0.2, 0.25) is 0 Å². The predicted octanol–water partition coefficient (Wildman–Crippen LogP) is 3.88. The van der Waals surface area contributed by atoms with Gasteiger partial charge in [0.05, 0.1) is 6.04 Å². The smallest absolute Gasteiger partial charge is 0.251 e. The van der Waals surface area contributed by atoms with Crippen LogP contribution in [0, 0.1) is 5.92 Å². The molecule has 138 valence electrons. The molecule has 2 atom stereocenters. The molecule has 26 heavy (non-hydrogen) atoms. The monoisotopic (exact) mass is 352 g/mol. The highest BCUT2D eigenvalue weighted by Crippen LogP contribution is 2.13. The Morgan fingerprint density at radius 1 is 0.885 bits per heavy atom. The summed E-state index contributed by atoms with van der Waals surface area (Å²) >= 11 is 0. The fraction of sp³-hybridized carbons (Fsp3) is 0.364. The summed E-state index contributed by atoms with van der Waals surface area (Å²) in [5, 5.41) is 5.87. The van der Waals surface area contributed by atoms with Gasteiger partial charge in [-0.1, -0.05) is 63.2 Å². The number of benzene rings is 2. The molecular formula is C22H28N2O2. The van der Waals surface area contributed by atoms with Gasteiger partial charge < -0.3 is 10.6 Å². The molecule has 0 saturated heterocycles. The van der Waals surface area contributed by atoms with Crippen molar-refractivity contribution in [2.45, 2.75) is 46.2 Å². The van der Waals surface area contributed by atoms with E-state index in [0.29, 0.717) is 5.56 Å². The zero-order valence-electron chi connectivity index (χ0n) is 16.0. The number of hydrogen-bond donors (Lipinski definition) is 2. The van der Waals surface area contributed by atoms with Crippen LogP contribution in [0.15, 0.2) is 54.6 Å². The first-order valence-corrected chi connectivity index (χ1v) is 9.17. The Morgan fingerprint density at radius 3 is 2.04 bits per heavy atom. The van der Waals surface area contributed by atoms with Gasteiger partial charge in [-0.25, -0.2) is 0 Å². The summed E-state index contributed by atoms with van der Waals surface area (Å²) < 4.78 is 0. The molecular weight excluding hydrogens is 324 g/mol. The molecule has 4 heteroatoms. The topological polar surface area (TPSA) is 58.2 Å². The number of amides is 2. The maximum absolute atomic E-state index is 12.7. The maximum Gasteiger partial charge on any atom is 0.251 e. The van der Waals surface area contributed by atoms with Crippen LogP contribution in [0.4, 0.5) is 0 Å². The third-order valence-corrected chi connectivity index (χ3v) is 4.52. The molecule has 4 nitrogen and oxygen atoms in total. The summed E-state index contributed by atoms with van der Waals surface area (Å²) in [6.07, 6.45) is 0.927. The second kappa shape index (κ2) is 9.18. The zero-order chi connectivity index (χ0) is 19.1. The van der Waals surface area contributed by atoms with Gasteiger partial charge in [-0.3, -0.25) is 9.59 Å². The lowest BCUT2D eigenvalue weighted by molar-refractivity contribution is -0.124. The summed E-state index contributed by atoms with van der Waals surface area (Å²) in [6.45, 7) is 7.87. The third-order valence-electron chi connectivity index (χ3n) is 4.52. The normalized spacial score (nSPS) is 13.1. The van der Waals surface area contributed by atoms with Gasteiger partial charge in [-0.2, -0.15) is 0 Å². The highest BCUT2D eigenvalue weighted by atomic mass is 16.2. The van der Waals surface area contributed by atoms with Crippen LogP contribution in [-0.4, -0.2) is 17.9 Å². The van der Waals surface area contributed by atoms with Crippen molar-refractivity contribution < 1.29 is 9.59 Å². The minimum absolute atomic E-state index is 0.0168. The van der Waals surface area contributed by atoms with Crippen molar-refractivity contribution in [3.63, 3.8) is 0 Å². The quantitative estimate of drug-likeness (QED) is 0.794. The third kappa shape index (κ3) is 5.19. The molecule has 0 aliphatic heterocycles. The fourth-order valence-electron chi connectivity index (χ4n) is 2.78. The van der Waals surface area contributed by atoms with E-state index in [4.69, 9.17) is 0 Å². The first-order chi connectivity index (χ1) is 12.4. The predicted molar refractivity (Wildman–Crippen MR) is 105 cm³/mol. The molecule has 0 fully saturated rings. The van der Waals surface area contributed by atoms with Crippen molar-refractivity contribution in [2.24, 2.45) is 5.92 Å². The first-order valence-electron chi connectivity index (χ1n) is 9.17. The molecule has 0 radical (unpaired) electrons. The van der Waals surface area contributed by atoms with Crippen LogP contribution >= 0.6 is 0 Å². The first kappa shape index (κ1) is 19.7. The van der Waals surface area contributed by atoms with E-state index in [0.717, 1.165) is 12.0 Å².